The molecule has 1 heterocycles. The number of carbonyl (C=O) groups is 1. The molecule has 1 saturated heterocycles. The largest absolute Gasteiger partial charge is 0.377 e. The molecular formula is C22H23ClF2N2O4S. The quantitative estimate of drug-likeness (QED) is 0.673. The molecule has 2 atom stereocenters. The standard InChI is InChI=1S/C22H23ClF2N2O4S/c1-14(7-10-32(2,29)30)26-22(28)18-6-4-16(12-20(18)25)27-8-9-31-13-21(27)17-5-3-15(24)11-19(17)23/h3-7,10-12,14,21H,8-9,13H2,1-2H3,(H,26,28)/b10-7+/t14-,21?/m1/s1. The fourth-order valence-corrected chi connectivity index (χ4v) is 4.22. The summed E-state index contributed by atoms with van der Waals surface area (Å²) >= 11 is 6.22. The molecule has 0 spiro atoms. The molecule has 0 saturated carbocycles. The third-order valence-corrected chi connectivity index (χ3v) is 5.93. The summed E-state index contributed by atoms with van der Waals surface area (Å²) in [6.07, 6.45) is 2.35. The maximum Gasteiger partial charge on any atom is 0.254 e. The van der Waals surface area contributed by atoms with E-state index in [9.17, 15) is 22.0 Å². The molecule has 0 aromatic heterocycles. The van der Waals surface area contributed by atoms with E-state index in [1.165, 1.54) is 30.3 Å². The number of anilines is 1. The van der Waals surface area contributed by atoms with E-state index in [1.54, 1.807) is 19.1 Å². The monoisotopic (exact) mass is 484 g/mol. The second-order valence-corrected chi connectivity index (χ2v) is 9.87. The van der Waals surface area contributed by atoms with Gasteiger partial charge in [0.05, 0.1) is 24.8 Å². The Hall–Kier alpha value is -2.49. The van der Waals surface area contributed by atoms with Crippen LogP contribution < -0.4 is 10.2 Å². The second-order valence-electron chi connectivity index (χ2n) is 7.53. The van der Waals surface area contributed by atoms with Crippen molar-refractivity contribution in [1.82, 2.24) is 5.32 Å². The minimum atomic E-state index is -3.33. The lowest BCUT2D eigenvalue weighted by molar-refractivity contribution is 0.0935. The predicted molar refractivity (Wildman–Crippen MR) is 120 cm³/mol. The van der Waals surface area contributed by atoms with Gasteiger partial charge < -0.3 is 15.0 Å². The highest BCUT2D eigenvalue weighted by molar-refractivity contribution is 7.93. The van der Waals surface area contributed by atoms with Gasteiger partial charge in [-0.1, -0.05) is 23.7 Å². The summed E-state index contributed by atoms with van der Waals surface area (Å²) < 4.78 is 56.2. The molecule has 2 aromatic carbocycles. The van der Waals surface area contributed by atoms with Crippen LogP contribution in [-0.4, -0.2) is 46.4 Å². The van der Waals surface area contributed by atoms with Crippen molar-refractivity contribution < 1.29 is 26.7 Å². The average Bonchev–Trinajstić information content (AvgIpc) is 2.72. The van der Waals surface area contributed by atoms with Crippen LogP contribution in [0.1, 0.15) is 28.9 Å². The topological polar surface area (TPSA) is 75.7 Å². The molecule has 172 valence electrons. The zero-order valence-electron chi connectivity index (χ0n) is 17.5. The molecule has 1 unspecified atom stereocenters. The van der Waals surface area contributed by atoms with Crippen LogP contribution in [0.2, 0.25) is 5.02 Å². The van der Waals surface area contributed by atoms with E-state index in [0.717, 1.165) is 11.7 Å². The number of rotatable bonds is 6. The summed E-state index contributed by atoms with van der Waals surface area (Å²) in [5.74, 6) is -1.85. The van der Waals surface area contributed by atoms with Crippen molar-refractivity contribution in [2.24, 2.45) is 0 Å². The molecule has 2 aromatic rings. The first kappa shape index (κ1) is 24.2. The lowest BCUT2D eigenvalue weighted by Crippen LogP contribution is -2.40. The summed E-state index contributed by atoms with van der Waals surface area (Å²) in [5.41, 5.74) is 1.01. The van der Waals surface area contributed by atoms with Crippen LogP contribution in [0, 0.1) is 11.6 Å². The summed E-state index contributed by atoms with van der Waals surface area (Å²) in [5, 5.41) is 3.77. The highest BCUT2D eigenvalue weighted by atomic mass is 35.5. The van der Waals surface area contributed by atoms with Crippen LogP contribution in [0.4, 0.5) is 14.5 Å². The summed E-state index contributed by atoms with van der Waals surface area (Å²) in [7, 11) is -3.33. The first-order valence-corrected chi connectivity index (χ1v) is 12.2. The van der Waals surface area contributed by atoms with E-state index in [2.05, 4.69) is 5.32 Å². The molecule has 1 fully saturated rings. The third-order valence-electron chi connectivity index (χ3n) is 4.95. The number of nitrogens with zero attached hydrogens (tertiary/aromatic N) is 1. The number of halogens is 3. The van der Waals surface area contributed by atoms with Gasteiger partial charge in [0.15, 0.2) is 9.84 Å². The van der Waals surface area contributed by atoms with Crippen molar-refractivity contribution in [2.75, 3.05) is 30.9 Å². The third kappa shape index (κ3) is 6.05. The Bertz CT molecular complexity index is 1140. The molecule has 1 aliphatic heterocycles. The van der Waals surface area contributed by atoms with Gasteiger partial charge in [-0.15, -0.1) is 0 Å². The Morgan fingerprint density at radius 2 is 2.03 bits per heavy atom. The van der Waals surface area contributed by atoms with Gasteiger partial charge in [-0.2, -0.15) is 0 Å². The summed E-state index contributed by atoms with van der Waals surface area (Å²) in [6, 6.07) is 7.38. The lowest BCUT2D eigenvalue weighted by atomic mass is 10.0. The minimum Gasteiger partial charge on any atom is -0.377 e. The van der Waals surface area contributed by atoms with E-state index < -0.39 is 33.4 Å². The van der Waals surface area contributed by atoms with E-state index in [4.69, 9.17) is 16.3 Å². The van der Waals surface area contributed by atoms with Gasteiger partial charge in [0, 0.05) is 35.0 Å². The predicted octanol–water partition coefficient (Wildman–Crippen LogP) is 3.87. The van der Waals surface area contributed by atoms with E-state index in [-0.39, 0.29) is 16.6 Å². The Labute approximate surface area is 190 Å². The number of sulfone groups is 1. The highest BCUT2D eigenvalue weighted by Crippen LogP contribution is 2.34. The molecule has 0 bridgehead atoms. The fourth-order valence-electron chi connectivity index (χ4n) is 3.40. The van der Waals surface area contributed by atoms with Crippen LogP contribution in [0.3, 0.4) is 0 Å². The Morgan fingerprint density at radius 3 is 2.69 bits per heavy atom. The number of hydrogen-bond donors (Lipinski definition) is 1. The first-order valence-electron chi connectivity index (χ1n) is 9.83. The number of nitrogens with one attached hydrogen (secondary N) is 1. The number of amides is 1. The average molecular weight is 485 g/mol. The SMILES string of the molecule is C[C@H](/C=C/S(C)(=O)=O)NC(=O)c1ccc(N2CCOCC2c2ccc(F)cc2Cl)cc1F. The Kier molecular flexibility index (Phi) is 7.53. The van der Waals surface area contributed by atoms with Crippen LogP contribution in [0.5, 0.6) is 0 Å². The molecule has 0 aliphatic carbocycles. The molecule has 1 amide bonds. The Balaban J connectivity index is 1.81. The number of benzene rings is 2. The van der Waals surface area contributed by atoms with Crippen molar-refractivity contribution in [3.8, 4) is 0 Å². The van der Waals surface area contributed by atoms with Crippen molar-refractivity contribution in [3.05, 3.63) is 75.7 Å². The van der Waals surface area contributed by atoms with Gasteiger partial charge in [-0.25, -0.2) is 17.2 Å². The molecule has 1 aliphatic rings. The molecule has 1 N–H and O–H groups in total. The zero-order valence-corrected chi connectivity index (χ0v) is 19.1. The van der Waals surface area contributed by atoms with E-state index >= 15 is 0 Å². The molecule has 10 heteroatoms. The zero-order chi connectivity index (χ0) is 23.5. The van der Waals surface area contributed by atoms with Crippen molar-refractivity contribution in [1.29, 1.82) is 0 Å². The van der Waals surface area contributed by atoms with Crippen molar-refractivity contribution >= 4 is 33.0 Å². The molecule has 32 heavy (non-hydrogen) atoms. The summed E-state index contributed by atoms with van der Waals surface area (Å²) in [6.45, 7) is 2.75. The maximum atomic E-state index is 14.8. The van der Waals surface area contributed by atoms with E-state index in [1.807, 2.05) is 4.90 Å². The fraction of sp³-hybridized carbons (Fsp3) is 0.318. The second kappa shape index (κ2) is 9.97. The van der Waals surface area contributed by atoms with Gasteiger partial charge in [0.25, 0.3) is 5.91 Å². The number of morpholine rings is 1. The van der Waals surface area contributed by atoms with Crippen LogP contribution in [-0.2, 0) is 14.6 Å². The molecular weight excluding hydrogens is 462 g/mol. The smallest absolute Gasteiger partial charge is 0.254 e. The van der Waals surface area contributed by atoms with Crippen molar-refractivity contribution in [2.45, 2.75) is 19.0 Å². The van der Waals surface area contributed by atoms with Crippen LogP contribution >= 0.6 is 11.6 Å². The lowest BCUT2D eigenvalue weighted by Gasteiger charge is -2.38. The molecule has 0 radical (unpaired) electrons. The maximum absolute atomic E-state index is 14.8. The van der Waals surface area contributed by atoms with Gasteiger partial charge in [-0.3, -0.25) is 4.79 Å². The molecule has 3 rings (SSSR count). The Morgan fingerprint density at radius 1 is 1.28 bits per heavy atom. The normalized spacial score (nSPS) is 18.0. The van der Waals surface area contributed by atoms with Crippen molar-refractivity contribution in [3.63, 3.8) is 0 Å². The van der Waals surface area contributed by atoms with E-state index in [0.29, 0.717) is 31.0 Å². The van der Waals surface area contributed by atoms with Gasteiger partial charge in [0.1, 0.15) is 11.6 Å². The van der Waals surface area contributed by atoms with Gasteiger partial charge >= 0.3 is 0 Å². The van der Waals surface area contributed by atoms with Gasteiger partial charge in [-0.05, 0) is 42.8 Å². The molecule has 6 nitrogen and oxygen atoms in total. The minimum absolute atomic E-state index is 0.169. The van der Waals surface area contributed by atoms with Crippen LogP contribution in [0.15, 0.2) is 47.9 Å². The van der Waals surface area contributed by atoms with Gasteiger partial charge in [0.2, 0.25) is 0 Å². The summed E-state index contributed by atoms with van der Waals surface area (Å²) in [4.78, 5) is 14.3. The number of ether oxygens (including phenoxy) is 1. The van der Waals surface area contributed by atoms with Crippen LogP contribution in [0.25, 0.3) is 0 Å². The first-order chi connectivity index (χ1) is 15.0. The highest BCUT2D eigenvalue weighted by Gasteiger charge is 2.28. The number of carbonyl (C=O) groups excluding carboxylic acids is 1. The number of hydrogen-bond acceptors (Lipinski definition) is 5.